The molecule has 2 rings (SSSR count). The lowest BCUT2D eigenvalue weighted by atomic mass is 10.1. The first kappa shape index (κ1) is 14.1. The number of rotatable bonds is 4. The molecule has 4 nitrogen and oxygen atoms in total. The van der Waals surface area contributed by atoms with Crippen LogP contribution in [0.4, 0.5) is 5.69 Å². The molecule has 104 valence electrons. The Bertz CT molecular complexity index is 471. The number of nitrogens with two attached hydrogens (primary N) is 1. The van der Waals surface area contributed by atoms with E-state index in [0.717, 1.165) is 6.42 Å². The third kappa shape index (κ3) is 3.56. The van der Waals surface area contributed by atoms with E-state index in [9.17, 15) is 4.79 Å². The number of thioether (sulfide) groups is 1. The summed E-state index contributed by atoms with van der Waals surface area (Å²) in [6, 6.07) is 5.07. The molecule has 0 bridgehead atoms. The van der Waals surface area contributed by atoms with Gasteiger partial charge in [0.1, 0.15) is 5.75 Å². The van der Waals surface area contributed by atoms with Crippen LogP contribution in [0.15, 0.2) is 18.2 Å². The summed E-state index contributed by atoms with van der Waals surface area (Å²) in [5, 5.41) is 2.99. The van der Waals surface area contributed by atoms with Gasteiger partial charge in [0, 0.05) is 28.6 Å². The second-order valence-corrected chi connectivity index (χ2v) is 6.76. The number of carbonyl (C=O) groups excluding carboxylic acids is 1. The van der Waals surface area contributed by atoms with Gasteiger partial charge in [0.15, 0.2) is 0 Å². The highest BCUT2D eigenvalue weighted by atomic mass is 32.2. The summed E-state index contributed by atoms with van der Waals surface area (Å²) in [6.45, 7) is 2.89. The second kappa shape index (κ2) is 5.74. The van der Waals surface area contributed by atoms with E-state index in [1.807, 2.05) is 11.8 Å². The number of benzene rings is 1. The van der Waals surface area contributed by atoms with Crippen LogP contribution in [-0.2, 0) is 0 Å². The van der Waals surface area contributed by atoms with Crippen LogP contribution in [0, 0.1) is 0 Å². The van der Waals surface area contributed by atoms with Crippen LogP contribution in [0.5, 0.6) is 5.75 Å². The van der Waals surface area contributed by atoms with Gasteiger partial charge < -0.3 is 15.8 Å². The molecule has 1 saturated heterocycles. The van der Waals surface area contributed by atoms with Crippen molar-refractivity contribution in [1.29, 1.82) is 0 Å². The molecule has 1 aliphatic rings. The summed E-state index contributed by atoms with van der Waals surface area (Å²) < 4.78 is 5.29. The quantitative estimate of drug-likeness (QED) is 0.831. The molecule has 1 aromatic carbocycles. The zero-order valence-corrected chi connectivity index (χ0v) is 12.2. The van der Waals surface area contributed by atoms with Crippen molar-refractivity contribution in [3.8, 4) is 5.75 Å². The Morgan fingerprint density at radius 2 is 2.32 bits per heavy atom. The minimum absolute atomic E-state index is 0.0978. The van der Waals surface area contributed by atoms with Crippen LogP contribution in [0.25, 0.3) is 0 Å². The summed E-state index contributed by atoms with van der Waals surface area (Å²) in [5.41, 5.74) is 6.83. The average Bonchev–Trinajstić information content (AvgIpc) is 2.82. The molecule has 19 heavy (non-hydrogen) atoms. The number of anilines is 1. The Balaban J connectivity index is 2.01. The van der Waals surface area contributed by atoms with E-state index in [4.69, 9.17) is 10.5 Å². The summed E-state index contributed by atoms with van der Waals surface area (Å²) >= 11 is 1.93. The highest BCUT2D eigenvalue weighted by Crippen LogP contribution is 2.37. The number of ether oxygens (including phenoxy) is 1. The van der Waals surface area contributed by atoms with Gasteiger partial charge in [0.25, 0.3) is 5.91 Å². The van der Waals surface area contributed by atoms with E-state index >= 15 is 0 Å². The van der Waals surface area contributed by atoms with Crippen molar-refractivity contribution in [2.45, 2.75) is 24.5 Å². The molecule has 1 fully saturated rings. The van der Waals surface area contributed by atoms with E-state index in [1.54, 1.807) is 25.3 Å². The normalized spacial score (nSPS) is 22.2. The molecular weight excluding hydrogens is 260 g/mol. The van der Waals surface area contributed by atoms with Crippen LogP contribution >= 0.6 is 11.8 Å². The molecule has 1 aromatic rings. The fraction of sp³-hybridized carbons (Fsp3) is 0.500. The minimum atomic E-state index is -0.0978. The zero-order valence-electron chi connectivity index (χ0n) is 11.4. The maximum absolute atomic E-state index is 12.1. The van der Waals surface area contributed by atoms with Crippen LogP contribution in [0.1, 0.15) is 30.1 Å². The van der Waals surface area contributed by atoms with Gasteiger partial charge in [-0.05, 0) is 37.7 Å². The lowest BCUT2D eigenvalue weighted by Gasteiger charge is -2.22. The van der Waals surface area contributed by atoms with Gasteiger partial charge in [0.05, 0.1) is 7.11 Å². The Morgan fingerprint density at radius 3 is 2.95 bits per heavy atom. The summed E-state index contributed by atoms with van der Waals surface area (Å²) in [4.78, 5) is 12.1. The molecule has 0 aromatic heterocycles. The Hall–Kier alpha value is -1.36. The van der Waals surface area contributed by atoms with Gasteiger partial charge in [0.2, 0.25) is 0 Å². The Kier molecular flexibility index (Phi) is 4.24. The topological polar surface area (TPSA) is 64.3 Å². The minimum Gasteiger partial charge on any atom is -0.497 e. The summed E-state index contributed by atoms with van der Waals surface area (Å²) in [7, 11) is 1.56. The van der Waals surface area contributed by atoms with Crippen LogP contribution in [0.3, 0.4) is 0 Å². The molecule has 0 spiro atoms. The molecule has 1 aliphatic heterocycles. The Labute approximate surface area is 118 Å². The number of carbonyl (C=O) groups is 1. The maximum atomic E-state index is 12.1. The third-order valence-electron chi connectivity index (χ3n) is 3.35. The monoisotopic (exact) mass is 280 g/mol. The predicted molar refractivity (Wildman–Crippen MR) is 79.8 cm³/mol. The SMILES string of the molecule is COc1cc(N)cc(C(=O)NCC2(C)CCCS2)c1. The number of nitrogen functional groups attached to an aromatic ring is 1. The number of nitrogens with one attached hydrogen (secondary N) is 1. The number of amides is 1. The van der Waals surface area contributed by atoms with Gasteiger partial charge >= 0.3 is 0 Å². The zero-order chi connectivity index (χ0) is 13.9. The van der Waals surface area contributed by atoms with E-state index in [0.29, 0.717) is 23.5 Å². The van der Waals surface area contributed by atoms with E-state index in [2.05, 4.69) is 12.2 Å². The first-order valence-corrected chi connectivity index (χ1v) is 7.38. The van der Waals surface area contributed by atoms with Crippen molar-refractivity contribution >= 4 is 23.4 Å². The fourth-order valence-electron chi connectivity index (χ4n) is 2.22. The summed E-state index contributed by atoms with van der Waals surface area (Å²) in [5.74, 6) is 1.68. The van der Waals surface area contributed by atoms with Gasteiger partial charge in [-0.1, -0.05) is 0 Å². The highest BCUT2D eigenvalue weighted by molar-refractivity contribution is 8.00. The number of hydrogen-bond donors (Lipinski definition) is 2. The van der Waals surface area contributed by atoms with Gasteiger partial charge in [-0.15, -0.1) is 0 Å². The van der Waals surface area contributed by atoms with Crippen molar-refractivity contribution in [2.75, 3.05) is 25.1 Å². The van der Waals surface area contributed by atoms with Crippen LogP contribution in [0.2, 0.25) is 0 Å². The van der Waals surface area contributed by atoms with Gasteiger partial charge in [-0.25, -0.2) is 0 Å². The average molecular weight is 280 g/mol. The molecule has 0 radical (unpaired) electrons. The number of hydrogen-bond acceptors (Lipinski definition) is 4. The molecule has 0 aliphatic carbocycles. The Morgan fingerprint density at radius 1 is 1.53 bits per heavy atom. The van der Waals surface area contributed by atoms with Gasteiger partial charge in [-0.3, -0.25) is 4.79 Å². The molecule has 1 atom stereocenters. The van der Waals surface area contributed by atoms with Crippen molar-refractivity contribution in [2.24, 2.45) is 0 Å². The maximum Gasteiger partial charge on any atom is 0.251 e. The second-order valence-electron chi connectivity index (χ2n) is 5.08. The predicted octanol–water partition coefficient (Wildman–Crippen LogP) is 2.29. The lowest BCUT2D eigenvalue weighted by molar-refractivity contribution is 0.0949. The third-order valence-corrected chi connectivity index (χ3v) is 4.89. The largest absolute Gasteiger partial charge is 0.497 e. The molecular formula is C14H20N2O2S. The molecule has 1 heterocycles. The van der Waals surface area contributed by atoms with Crippen molar-refractivity contribution < 1.29 is 9.53 Å². The first-order chi connectivity index (χ1) is 9.02. The lowest BCUT2D eigenvalue weighted by Crippen LogP contribution is -2.36. The molecule has 3 N–H and O–H groups in total. The van der Waals surface area contributed by atoms with E-state index in [-0.39, 0.29) is 10.7 Å². The van der Waals surface area contributed by atoms with Crippen molar-refractivity contribution in [3.63, 3.8) is 0 Å². The summed E-state index contributed by atoms with van der Waals surface area (Å²) in [6.07, 6.45) is 2.38. The standard InChI is InChI=1S/C14H20N2O2S/c1-14(4-3-5-19-14)9-16-13(17)10-6-11(15)8-12(7-10)18-2/h6-8H,3-5,9,15H2,1-2H3,(H,16,17). The van der Waals surface area contributed by atoms with E-state index < -0.39 is 0 Å². The first-order valence-electron chi connectivity index (χ1n) is 6.39. The number of methoxy groups -OCH3 is 1. The van der Waals surface area contributed by atoms with Crippen LogP contribution < -0.4 is 15.8 Å². The van der Waals surface area contributed by atoms with Crippen molar-refractivity contribution in [3.05, 3.63) is 23.8 Å². The molecule has 0 saturated carbocycles. The van der Waals surface area contributed by atoms with E-state index in [1.165, 1.54) is 12.2 Å². The fourth-order valence-corrected chi connectivity index (χ4v) is 3.46. The molecule has 1 amide bonds. The highest BCUT2D eigenvalue weighted by Gasteiger charge is 2.29. The van der Waals surface area contributed by atoms with Gasteiger partial charge in [-0.2, -0.15) is 11.8 Å². The van der Waals surface area contributed by atoms with Crippen LogP contribution in [-0.4, -0.2) is 30.1 Å². The molecule has 1 unspecified atom stereocenters. The van der Waals surface area contributed by atoms with Crippen molar-refractivity contribution in [1.82, 2.24) is 5.32 Å². The molecule has 5 heteroatoms. The smallest absolute Gasteiger partial charge is 0.251 e.